The summed E-state index contributed by atoms with van der Waals surface area (Å²) in [4.78, 5) is 33.0. The van der Waals surface area contributed by atoms with Crippen molar-refractivity contribution in [2.75, 3.05) is 17.3 Å². The molecule has 0 aliphatic carbocycles. The Kier molecular flexibility index (Phi) is 6.16. The number of ether oxygens (including phenoxy) is 1. The fourth-order valence-corrected chi connectivity index (χ4v) is 3.17. The molecule has 36 heavy (non-hydrogen) atoms. The number of rotatable bonds is 7. The average molecular weight is 513 g/mol. The first kappa shape index (κ1) is 24.7. The van der Waals surface area contributed by atoms with Gasteiger partial charge in [0.25, 0.3) is 10.9 Å². The van der Waals surface area contributed by atoms with Crippen LogP contribution in [0.3, 0.4) is 0 Å². The molecule has 4 aromatic rings. The molecule has 0 fully saturated rings. The highest BCUT2D eigenvalue weighted by Gasteiger charge is 2.38. The Morgan fingerprint density at radius 2 is 1.69 bits per heavy atom. The van der Waals surface area contributed by atoms with Gasteiger partial charge in [0.05, 0.1) is 12.2 Å². The lowest BCUT2D eigenvalue weighted by Crippen LogP contribution is -2.40. The normalized spacial score (nSPS) is 12.1. The largest absolute Gasteiger partial charge is 0.573 e. The summed E-state index contributed by atoms with van der Waals surface area (Å²) in [6, 6.07) is 7.43. The SMILES string of the molecule is CN(Cc1ccc(-c2noc(C(F)(F)F)n2)cn1)c1c(Nc2ccc(OC(F)(F)F)cc2)c(=O)c1=O. The summed E-state index contributed by atoms with van der Waals surface area (Å²) >= 11 is 0. The molecule has 2 aromatic heterocycles. The van der Waals surface area contributed by atoms with Crippen LogP contribution in [0.5, 0.6) is 5.75 Å². The minimum atomic E-state index is -4.85. The van der Waals surface area contributed by atoms with Gasteiger partial charge in [-0.25, -0.2) is 0 Å². The molecule has 2 aromatic carbocycles. The van der Waals surface area contributed by atoms with Crippen molar-refractivity contribution in [3.05, 3.63) is 74.6 Å². The van der Waals surface area contributed by atoms with E-state index < -0.39 is 35.0 Å². The van der Waals surface area contributed by atoms with E-state index in [4.69, 9.17) is 0 Å². The standard InChI is InChI=1S/C21H13F6N5O4/c1-32(9-12-3-2-10(8-28-12)18-30-19(36-31-18)20(22,23)24)15-14(16(33)17(15)34)29-11-4-6-13(7-5-11)35-21(25,26)27/h2-8,29H,9H2,1H3. The first-order valence-corrected chi connectivity index (χ1v) is 9.85. The van der Waals surface area contributed by atoms with Crippen LogP contribution in [-0.2, 0) is 12.7 Å². The zero-order chi connectivity index (χ0) is 26.3. The lowest BCUT2D eigenvalue weighted by atomic mass is 10.1. The van der Waals surface area contributed by atoms with Crippen LogP contribution >= 0.6 is 0 Å². The van der Waals surface area contributed by atoms with Crippen molar-refractivity contribution >= 4 is 17.1 Å². The lowest BCUT2D eigenvalue weighted by Gasteiger charge is -2.23. The summed E-state index contributed by atoms with van der Waals surface area (Å²) in [7, 11) is 1.51. The topological polar surface area (TPSA) is 110 Å². The predicted molar refractivity (Wildman–Crippen MR) is 112 cm³/mol. The second kappa shape index (κ2) is 8.98. The summed E-state index contributed by atoms with van der Waals surface area (Å²) in [5.74, 6) is -2.26. The number of anilines is 3. The molecule has 1 N–H and O–H groups in total. The van der Waals surface area contributed by atoms with E-state index in [9.17, 15) is 35.9 Å². The van der Waals surface area contributed by atoms with E-state index in [1.807, 2.05) is 0 Å². The molecular formula is C21H13F6N5O4. The fraction of sp³-hybridized carbons (Fsp3) is 0.190. The molecule has 0 aliphatic heterocycles. The van der Waals surface area contributed by atoms with Crippen LogP contribution in [0.25, 0.3) is 11.4 Å². The van der Waals surface area contributed by atoms with Crippen LogP contribution in [0.2, 0.25) is 0 Å². The Bertz CT molecular complexity index is 1440. The molecule has 0 saturated heterocycles. The Hall–Kier alpha value is -4.43. The van der Waals surface area contributed by atoms with Crippen LogP contribution in [-0.4, -0.2) is 28.5 Å². The molecule has 0 saturated carbocycles. The van der Waals surface area contributed by atoms with Gasteiger partial charge in [-0.3, -0.25) is 14.6 Å². The Morgan fingerprint density at radius 1 is 1.00 bits per heavy atom. The van der Waals surface area contributed by atoms with Crippen LogP contribution in [0.4, 0.5) is 43.4 Å². The quantitative estimate of drug-likeness (QED) is 0.289. The second-order valence-electron chi connectivity index (χ2n) is 7.39. The van der Waals surface area contributed by atoms with E-state index >= 15 is 0 Å². The van der Waals surface area contributed by atoms with Crippen LogP contribution < -0.4 is 25.8 Å². The highest BCUT2D eigenvalue weighted by Crippen LogP contribution is 2.30. The second-order valence-corrected chi connectivity index (χ2v) is 7.39. The van der Waals surface area contributed by atoms with Crippen LogP contribution in [0.1, 0.15) is 11.6 Å². The summed E-state index contributed by atoms with van der Waals surface area (Å²) in [5.41, 5.74) is -0.825. The van der Waals surface area contributed by atoms with Gasteiger partial charge in [0.1, 0.15) is 17.1 Å². The molecule has 0 spiro atoms. The lowest BCUT2D eigenvalue weighted by molar-refractivity contribution is -0.274. The highest BCUT2D eigenvalue weighted by molar-refractivity contribution is 5.79. The van der Waals surface area contributed by atoms with Crippen LogP contribution in [0, 0.1) is 0 Å². The number of alkyl halides is 6. The molecule has 2 heterocycles. The molecule has 0 bridgehead atoms. The molecule has 4 rings (SSSR count). The zero-order valence-electron chi connectivity index (χ0n) is 17.9. The fourth-order valence-electron chi connectivity index (χ4n) is 3.17. The van der Waals surface area contributed by atoms with Gasteiger partial charge in [-0.2, -0.15) is 18.2 Å². The minimum Gasteiger partial charge on any atom is -0.406 e. The molecule has 0 aliphatic rings. The van der Waals surface area contributed by atoms with Gasteiger partial charge in [-0.15, -0.1) is 13.2 Å². The van der Waals surface area contributed by atoms with E-state index in [0.29, 0.717) is 5.69 Å². The van der Waals surface area contributed by atoms with E-state index in [2.05, 4.69) is 29.7 Å². The molecule has 0 unspecified atom stereocenters. The van der Waals surface area contributed by atoms with Gasteiger partial charge in [0.2, 0.25) is 5.82 Å². The number of hydrogen-bond acceptors (Lipinski definition) is 9. The molecule has 0 atom stereocenters. The Morgan fingerprint density at radius 3 is 2.25 bits per heavy atom. The number of hydrogen-bond donors (Lipinski definition) is 1. The third-order valence-corrected chi connectivity index (χ3v) is 4.77. The summed E-state index contributed by atoms with van der Waals surface area (Å²) < 4.78 is 82.7. The number of halogens is 6. The van der Waals surface area contributed by atoms with Crippen molar-refractivity contribution in [2.45, 2.75) is 19.1 Å². The van der Waals surface area contributed by atoms with E-state index in [1.54, 1.807) is 0 Å². The third kappa shape index (κ3) is 5.29. The van der Waals surface area contributed by atoms with Crippen molar-refractivity contribution in [3.8, 4) is 17.1 Å². The molecular weight excluding hydrogens is 500 g/mol. The molecule has 15 heteroatoms. The maximum Gasteiger partial charge on any atom is 0.573 e. The predicted octanol–water partition coefficient (Wildman–Crippen LogP) is 4.03. The van der Waals surface area contributed by atoms with Crippen molar-refractivity contribution in [3.63, 3.8) is 0 Å². The van der Waals surface area contributed by atoms with Crippen molar-refractivity contribution in [1.29, 1.82) is 0 Å². The summed E-state index contributed by atoms with van der Waals surface area (Å²) in [5, 5.41) is 5.97. The maximum atomic E-state index is 12.6. The van der Waals surface area contributed by atoms with Crippen molar-refractivity contribution < 1.29 is 35.6 Å². The third-order valence-electron chi connectivity index (χ3n) is 4.77. The number of benzene rings is 1. The van der Waals surface area contributed by atoms with Crippen LogP contribution in [0.15, 0.2) is 56.7 Å². The van der Waals surface area contributed by atoms with E-state index in [1.165, 1.54) is 42.4 Å². The van der Waals surface area contributed by atoms with Gasteiger partial charge < -0.3 is 19.5 Å². The minimum absolute atomic E-state index is 0.0227. The molecule has 9 nitrogen and oxygen atoms in total. The number of nitrogens with one attached hydrogen (secondary N) is 1. The first-order valence-electron chi connectivity index (χ1n) is 9.85. The van der Waals surface area contributed by atoms with E-state index in [-0.39, 0.29) is 35.0 Å². The highest BCUT2D eigenvalue weighted by atomic mass is 19.4. The van der Waals surface area contributed by atoms with Gasteiger partial charge in [-0.1, -0.05) is 5.16 Å². The number of aromatic nitrogens is 3. The van der Waals surface area contributed by atoms with E-state index in [0.717, 1.165) is 12.1 Å². The monoisotopic (exact) mass is 513 g/mol. The van der Waals surface area contributed by atoms with Crippen molar-refractivity contribution in [1.82, 2.24) is 15.1 Å². The van der Waals surface area contributed by atoms with Gasteiger partial charge in [0, 0.05) is 24.5 Å². The Balaban J connectivity index is 1.45. The molecule has 0 radical (unpaired) electrons. The van der Waals surface area contributed by atoms with Gasteiger partial charge in [-0.05, 0) is 36.4 Å². The Labute approximate surface area is 196 Å². The van der Waals surface area contributed by atoms with Gasteiger partial charge >= 0.3 is 18.4 Å². The maximum absolute atomic E-state index is 12.6. The summed E-state index contributed by atoms with van der Waals surface area (Å²) in [6.45, 7) is 0.0399. The van der Waals surface area contributed by atoms with Gasteiger partial charge in [0.15, 0.2) is 0 Å². The molecule has 0 amide bonds. The smallest absolute Gasteiger partial charge is 0.406 e. The van der Waals surface area contributed by atoms with Crippen molar-refractivity contribution in [2.24, 2.45) is 0 Å². The molecule has 188 valence electrons. The number of pyridine rings is 1. The number of nitrogens with zero attached hydrogens (tertiary/aromatic N) is 4. The summed E-state index contributed by atoms with van der Waals surface area (Å²) in [6.07, 6.45) is -8.42. The first-order chi connectivity index (χ1) is 16.8. The zero-order valence-corrected chi connectivity index (χ0v) is 17.9. The average Bonchev–Trinajstić information content (AvgIpc) is 3.30.